The van der Waals surface area contributed by atoms with Gasteiger partial charge in [-0.25, -0.2) is 0 Å². The van der Waals surface area contributed by atoms with E-state index in [9.17, 15) is 0 Å². The van der Waals surface area contributed by atoms with E-state index in [-0.39, 0.29) is 0 Å². The second-order valence-electron chi connectivity index (χ2n) is 5.15. The second-order valence-corrected chi connectivity index (χ2v) is 5.15. The van der Waals surface area contributed by atoms with Crippen molar-refractivity contribution < 1.29 is 9.26 Å². The monoisotopic (exact) mass is 272 g/mol. The predicted molar refractivity (Wildman–Crippen MR) is 77.7 cm³/mol. The zero-order valence-corrected chi connectivity index (χ0v) is 11.6. The average Bonchev–Trinajstić information content (AvgIpc) is 2.98. The van der Waals surface area contributed by atoms with Gasteiger partial charge in [0, 0.05) is 18.2 Å². The van der Waals surface area contributed by atoms with Crippen LogP contribution in [0.5, 0.6) is 5.88 Å². The maximum atomic E-state index is 5.66. The van der Waals surface area contributed by atoms with E-state index in [1.807, 2.05) is 36.4 Å². The first-order valence-electron chi connectivity index (χ1n) is 7.29. The normalized spacial score (nSPS) is 16.2. The third-order valence-corrected chi connectivity index (χ3v) is 3.65. The number of hydrogen-bond acceptors (Lipinski definition) is 4. The summed E-state index contributed by atoms with van der Waals surface area (Å²) >= 11 is 0. The number of aromatic nitrogens is 1. The fourth-order valence-electron chi connectivity index (χ4n) is 2.53. The third-order valence-electron chi connectivity index (χ3n) is 3.65. The molecule has 1 aromatic carbocycles. The molecule has 20 heavy (non-hydrogen) atoms. The molecule has 0 unspecified atom stereocenters. The van der Waals surface area contributed by atoms with Gasteiger partial charge in [0.1, 0.15) is 6.61 Å². The minimum absolute atomic E-state index is 0.570. The lowest BCUT2D eigenvalue weighted by Gasteiger charge is -2.25. The molecule has 0 spiro atoms. The highest BCUT2D eigenvalue weighted by molar-refractivity contribution is 5.57. The summed E-state index contributed by atoms with van der Waals surface area (Å²) < 4.78 is 11.0. The molecule has 3 rings (SSSR count). The first-order chi connectivity index (χ1) is 9.92. The van der Waals surface area contributed by atoms with Crippen molar-refractivity contribution in [1.82, 2.24) is 10.1 Å². The molecule has 1 aliphatic rings. The molecule has 0 bridgehead atoms. The van der Waals surface area contributed by atoms with Crippen LogP contribution in [0, 0.1) is 0 Å². The molecule has 1 saturated heterocycles. The standard InChI is InChI=1S/C16H20N2O2/c1-3-7-14(8-4-1)15-13-16(17-20-15)19-12-11-18-9-5-2-6-10-18/h1,3-4,7-8,13H,2,5-6,9-12H2. The van der Waals surface area contributed by atoms with Gasteiger partial charge >= 0.3 is 0 Å². The first kappa shape index (κ1) is 13.2. The molecule has 106 valence electrons. The summed E-state index contributed by atoms with van der Waals surface area (Å²) in [5.41, 5.74) is 1.02. The van der Waals surface area contributed by atoms with E-state index in [4.69, 9.17) is 9.26 Å². The number of ether oxygens (including phenoxy) is 1. The molecule has 0 aliphatic carbocycles. The zero-order valence-electron chi connectivity index (χ0n) is 11.6. The van der Waals surface area contributed by atoms with Crippen LogP contribution in [-0.2, 0) is 0 Å². The highest BCUT2D eigenvalue weighted by Crippen LogP contribution is 2.23. The van der Waals surface area contributed by atoms with E-state index in [0.717, 1.165) is 17.9 Å². The quantitative estimate of drug-likeness (QED) is 0.837. The van der Waals surface area contributed by atoms with E-state index in [1.54, 1.807) is 0 Å². The molecule has 0 radical (unpaired) electrons. The van der Waals surface area contributed by atoms with Gasteiger partial charge in [-0.3, -0.25) is 4.90 Å². The van der Waals surface area contributed by atoms with Gasteiger partial charge in [0.15, 0.2) is 5.76 Å². The molecule has 1 aromatic heterocycles. The molecule has 2 aromatic rings. The van der Waals surface area contributed by atoms with Gasteiger partial charge in [0.2, 0.25) is 0 Å². The fourth-order valence-corrected chi connectivity index (χ4v) is 2.53. The van der Waals surface area contributed by atoms with Crippen LogP contribution in [0.15, 0.2) is 40.9 Å². The van der Waals surface area contributed by atoms with Crippen LogP contribution in [-0.4, -0.2) is 36.3 Å². The molecule has 1 aliphatic heterocycles. The Kier molecular flexibility index (Phi) is 4.33. The summed E-state index contributed by atoms with van der Waals surface area (Å²) in [6, 6.07) is 11.8. The van der Waals surface area contributed by atoms with Crippen molar-refractivity contribution in [1.29, 1.82) is 0 Å². The van der Waals surface area contributed by atoms with E-state index >= 15 is 0 Å². The van der Waals surface area contributed by atoms with Crippen LogP contribution >= 0.6 is 0 Å². The molecule has 1 fully saturated rings. The number of piperidine rings is 1. The van der Waals surface area contributed by atoms with Crippen LogP contribution in [0.25, 0.3) is 11.3 Å². The predicted octanol–water partition coefficient (Wildman–Crippen LogP) is 3.21. The topological polar surface area (TPSA) is 38.5 Å². The molecule has 0 amide bonds. The largest absolute Gasteiger partial charge is 0.474 e. The average molecular weight is 272 g/mol. The summed E-state index contributed by atoms with van der Waals surface area (Å²) in [6.45, 7) is 4.02. The van der Waals surface area contributed by atoms with Crippen molar-refractivity contribution in [3.63, 3.8) is 0 Å². The Labute approximate surface area is 119 Å². The Morgan fingerprint density at radius 2 is 1.90 bits per heavy atom. The first-order valence-corrected chi connectivity index (χ1v) is 7.29. The van der Waals surface area contributed by atoms with Crippen LogP contribution in [0.3, 0.4) is 0 Å². The van der Waals surface area contributed by atoms with E-state index < -0.39 is 0 Å². The lowest BCUT2D eigenvalue weighted by molar-refractivity contribution is 0.177. The van der Waals surface area contributed by atoms with Crippen molar-refractivity contribution in [2.75, 3.05) is 26.2 Å². The Balaban J connectivity index is 1.50. The third kappa shape index (κ3) is 3.39. The van der Waals surface area contributed by atoms with Crippen molar-refractivity contribution in [3.05, 3.63) is 36.4 Å². The van der Waals surface area contributed by atoms with Gasteiger partial charge in [-0.15, -0.1) is 0 Å². The smallest absolute Gasteiger partial charge is 0.254 e. The molecule has 4 heteroatoms. The maximum Gasteiger partial charge on any atom is 0.254 e. The van der Waals surface area contributed by atoms with Crippen LogP contribution in [0.4, 0.5) is 0 Å². The van der Waals surface area contributed by atoms with Crippen molar-refractivity contribution in [3.8, 4) is 17.2 Å². The molecule has 4 nitrogen and oxygen atoms in total. The Morgan fingerprint density at radius 1 is 1.10 bits per heavy atom. The number of rotatable bonds is 5. The van der Waals surface area contributed by atoms with E-state index in [1.165, 1.54) is 32.4 Å². The summed E-state index contributed by atoms with van der Waals surface area (Å²) in [4.78, 5) is 2.45. The van der Waals surface area contributed by atoms with Crippen molar-refractivity contribution in [2.45, 2.75) is 19.3 Å². The summed E-state index contributed by atoms with van der Waals surface area (Å²) in [5.74, 6) is 1.32. The van der Waals surface area contributed by atoms with Crippen molar-refractivity contribution in [2.24, 2.45) is 0 Å². The lowest BCUT2D eigenvalue weighted by atomic mass is 10.1. The highest BCUT2D eigenvalue weighted by Gasteiger charge is 2.11. The lowest BCUT2D eigenvalue weighted by Crippen LogP contribution is -2.33. The van der Waals surface area contributed by atoms with Gasteiger partial charge < -0.3 is 9.26 Å². The minimum atomic E-state index is 0.570. The van der Waals surface area contributed by atoms with Gasteiger partial charge in [0.05, 0.1) is 0 Å². The highest BCUT2D eigenvalue weighted by atomic mass is 16.5. The number of nitrogens with zero attached hydrogens (tertiary/aromatic N) is 2. The number of likely N-dealkylation sites (tertiary alicyclic amines) is 1. The van der Waals surface area contributed by atoms with Crippen LogP contribution in [0.2, 0.25) is 0 Å². The maximum absolute atomic E-state index is 5.66. The zero-order chi connectivity index (χ0) is 13.6. The van der Waals surface area contributed by atoms with Gasteiger partial charge in [-0.2, -0.15) is 0 Å². The van der Waals surface area contributed by atoms with Gasteiger partial charge in [-0.1, -0.05) is 36.8 Å². The van der Waals surface area contributed by atoms with Crippen molar-refractivity contribution >= 4 is 0 Å². The van der Waals surface area contributed by atoms with E-state index in [0.29, 0.717) is 12.5 Å². The Bertz CT molecular complexity index is 518. The number of benzene rings is 1. The molecule has 0 N–H and O–H groups in total. The van der Waals surface area contributed by atoms with E-state index in [2.05, 4.69) is 10.1 Å². The van der Waals surface area contributed by atoms with Gasteiger partial charge in [0.25, 0.3) is 5.88 Å². The molecule has 2 heterocycles. The van der Waals surface area contributed by atoms with Gasteiger partial charge in [-0.05, 0) is 31.1 Å². The van der Waals surface area contributed by atoms with Crippen LogP contribution in [0.1, 0.15) is 19.3 Å². The molecule has 0 atom stereocenters. The Hall–Kier alpha value is -1.81. The van der Waals surface area contributed by atoms with Crippen LogP contribution < -0.4 is 4.74 Å². The fraction of sp³-hybridized carbons (Fsp3) is 0.438. The second kappa shape index (κ2) is 6.57. The Morgan fingerprint density at radius 3 is 2.70 bits per heavy atom. The molecular formula is C16H20N2O2. The summed E-state index contributed by atoms with van der Waals surface area (Å²) in [5, 5.41) is 3.96. The summed E-state index contributed by atoms with van der Waals surface area (Å²) in [7, 11) is 0. The minimum Gasteiger partial charge on any atom is -0.474 e. The number of hydrogen-bond donors (Lipinski definition) is 0. The summed E-state index contributed by atoms with van der Waals surface area (Å²) in [6.07, 6.45) is 3.98. The molecular weight excluding hydrogens is 252 g/mol. The molecule has 0 saturated carbocycles. The SMILES string of the molecule is c1ccc(-c2cc(OCCN3CCCCC3)no2)cc1.